The highest BCUT2D eigenvalue weighted by atomic mass is 35.5. The van der Waals surface area contributed by atoms with Crippen LogP contribution in [0.5, 0.6) is 0 Å². The zero-order valence-electron chi connectivity index (χ0n) is 15.3. The van der Waals surface area contributed by atoms with Crippen LogP contribution in [0.15, 0.2) is 69.0 Å². The number of hydrogen-bond acceptors (Lipinski definition) is 6. The molecule has 1 aromatic carbocycles. The van der Waals surface area contributed by atoms with Crippen molar-refractivity contribution in [3.05, 3.63) is 80.9 Å². The zero-order valence-corrected chi connectivity index (χ0v) is 16.9. The van der Waals surface area contributed by atoms with E-state index in [4.69, 9.17) is 16.0 Å². The summed E-state index contributed by atoms with van der Waals surface area (Å²) in [6, 6.07) is 12.3. The number of Topliss-reactive ketones (excluding diaryl/α,β-unsaturated/α-hetero) is 2. The molecule has 5 nitrogen and oxygen atoms in total. The van der Waals surface area contributed by atoms with Gasteiger partial charge in [0.2, 0.25) is 0 Å². The molecule has 0 radical (unpaired) electrons. The maximum atomic E-state index is 12.5. The van der Waals surface area contributed by atoms with Gasteiger partial charge in [0.25, 0.3) is 0 Å². The number of carbonyl (C=O) groups excluding carboxylic acids is 2. The number of dihydropyridines is 1. The van der Waals surface area contributed by atoms with Crippen LogP contribution >= 0.6 is 23.4 Å². The largest absolute Gasteiger partial charge is 0.468 e. The third-order valence-corrected chi connectivity index (χ3v) is 5.64. The number of benzene rings is 1. The summed E-state index contributed by atoms with van der Waals surface area (Å²) in [5, 5.41) is 14.0. The fourth-order valence-electron chi connectivity index (χ4n) is 3.09. The van der Waals surface area contributed by atoms with Crippen molar-refractivity contribution in [1.29, 1.82) is 5.26 Å². The first-order chi connectivity index (χ1) is 13.4. The van der Waals surface area contributed by atoms with E-state index in [1.165, 1.54) is 24.9 Å². The SMILES string of the molecule is CC(=O)C1=C(C)NC(SCC(=O)c2ccc(Cl)cc2)=C(C#N)[C@H]1c1ccco1. The van der Waals surface area contributed by atoms with E-state index >= 15 is 0 Å². The number of halogens is 1. The monoisotopic (exact) mass is 412 g/mol. The average Bonchev–Trinajstić information content (AvgIpc) is 3.20. The van der Waals surface area contributed by atoms with Crippen molar-refractivity contribution in [1.82, 2.24) is 5.32 Å². The summed E-state index contributed by atoms with van der Waals surface area (Å²) in [7, 11) is 0. The molecular formula is C21H17ClN2O3S. The lowest BCUT2D eigenvalue weighted by molar-refractivity contribution is -0.113. The van der Waals surface area contributed by atoms with Crippen molar-refractivity contribution in [2.75, 3.05) is 5.75 Å². The molecule has 142 valence electrons. The first-order valence-electron chi connectivity index (χ1n) is 8.50. The molecule has 28 heavy (non-hydrogen) atoms. The molecule has 0 unspecified atom stereocenters. The summed E-state index contributed by atoms with van der Waals surface area (Å²) in [6.07, 6.45) is 1.51. The van der Waals surface area contributed by atoms with Crippen LogP contribution in [0.4, 0.5) is 0 Å². The van der Waals surface area contributed by atoms with Gasteiger partial charge in [0.15, 0.2) is 11.6 Å². The lowest BCUT2D eigenvalue weighted by Gasteiger charge is -2.27. The van der Waals surface area contributed by atoms with Gasteiger partial charge < -0.3 is 9.73 Å². The van der Waals surface area contributed by atoms with E-state index in [1.807, 2.05) is 0 Å². The predicted octanol–water partition coefficient (Wildman–Crippen LogP) is 4.83. The van der Waals surface area contributed by atoms with E-state index in [2.05, 4.69) is 11.4 Å². The molecule has 0 bridgehead atoms. The Labute approximate surface area is 172 Å². The van der Waals surface area contributed by atoms with Crippen molar-refractivity contribution < 1.29 is 14.0 Å². The smallest absolute Gasteiger partial charge is 0.173 e. The molecule has 1 aliphatic rings. The third-order valence-electron chi connectivity index (χ3n) is 4.37. The molecular weight excluding hydrogens is 396 g/mol. The third kappa shape index (κ3) is 4.06. The minimum atomic E-state index is -0.591. The number of nitrogens with one attached hydrogen (secondary N) is 1. The van der Waals surface area contributed by atoms with Crippen LogP contribution in [0.3, 0.4) is 0 Å². The number of rotatable bonds is 6. The van der Waals surface area contributed by atoms with Gasteiger partial charge in [0, 0.05) is 21.9 Å². The van der Waals surface area contributed by atoms with Gasteiger partial charge in [0.1, 0.15) is 5.76 Å². The van der Waals surface area contributed by atoms with Crippen LogP contribution in [0.25, 0.3) is 0 Å². The van der Waals surface area contributed by atoms with Crippen molar-refractivity contribution >= 4 is 34.9 Å². The van der Waals surface area contributed by atoms with E-state index in [9.17, 15) is 14.9 Å². The Morgan fingerprint density at radius 3 is 2.57 bits per heavy atom. The summed E-state index contributed by atoms with van der Waals surface area (Å²) in [4.78, 5) is 24.7. The van der Waals surface area contributed by atoms with Gasteiger partial charge in [-0.2, -0.15) is 5.26 Å². The zero-order chi connectivity index (χ0) is 20.3. The summed E-state index contributed by atoms with van der Waals surface area (Å²) in [5.74, 6) is -0.151. The van der Waals surface area contributed by atoms with Gasteiger partial charge in [-0.05, 0) is 50.2 Å². The summed E-state index contributed by atoms with van der Waals surface area (Å²) >= 11 is 7.09. The Bertz CT molecular complexity index is 1010. The predicted molar refractivity (Wildman–Crippen MR) is 109 cm³/mol. The standard InChI is InChI=1S/C21H17ClN2O3S/c1-12-19(13(2)25)20(18-4-3-9-27-18)16(10-23)21(24-12)28-11-17(26)14-5-7-15(22)8-6-14/h3-9,20,24H,11H2,1-2H3/t20-/m0/s1. The van der Waals surface area contributed by atoms with Gasteiger partial charge in [-0.1, -0.05) is 23.4 Å². The van der Waals surface area contributed by atoms with Crippen molar-refractivity contribution in [3.8, 4) is 6.07 Å². The average molecular weight is 413 g/mol. The van der Waals surface area contributed by atoms with Crippen LogP contribution in [-0.2, 0) is 4.79 Å². The van der Waals surface area contributed by atoms with Gasteiger partial charge in [-0.3, -0.25) is 9.59 Å². The Morgan fingerprint density at radius 2 is 2.00 bits per heavy atom. The highest BCUT2D eigenvalue weighted by molar-refractivity contribution is 8.03. The van der Waals surface area contributed by atoms with Crippen LogP contribution < -0.4 is 5.32 Å². The molecule has 0 saturated heterocycles. The van der Waals surface area contributed by atoms with Crippen molar-refractivity contribution in [3.63, 3.8) is 0 Å². The Morgan fingerprint density at radius 1 is 1.29 bits per heavy atom. The fraction of sp³-hybridized carbons (Fsp3) is 0.190. The van der Waals surface area contributed by atoms with Gasteiger partial charge in [0.05, 0.1) is 34.6 Å². The molecule has 2 aromatic rings. The molecule has 0 fully saturated rings. The molecule has 2 heterocycles. The molecule has 0 saturated carbocycles. The van der Waals surface area contributed by atoms with E-state index < -0.39 is 5.92 Å². The fourth-order valence-corrected chi connectivity index (χ4v) is 4.20. The molecule has 3 rings (SSSR count). The van der Waals surface area contributed by atoms with E-state index in [0.29, 0.717) is 38.2 Å². The topological polar surface area (TPSA) is 83.1 Å². The number of nitriles is 1. The highest BCUT2D eigenvalue weighted by Crippen LogP contribution is 2.41. The second-order valence-corrected chi connectivity index (χ2v) is 7.66. The molecule has 0 spiro atoms. The van der Waals surface area contributed by atoms with Crippen molar-refractivity contribution in [2.24, 2.45) is 0 Å². The second-order valence-electron chi connectivity index (χ2n) is 6.24. The quantitative estimate of drug-likeness (QED) is 0.684. The first kappa shape index (κ1) is 20.0. The number of carbonyl (C=O) groups is 2. The van der Waals surface area contributed by atoms with Crippen LogP contribution in [0.2, 0.25) is 5.02 Å². The molecule has 1 N–H and O–H groups in total. The maximum absolute atomic E-state index is 12.5. The second kappa shape index (κ2) is 8.51. The minimum absolute atomic E-state index is 0.0817. The lowest BCUT2D eigenvalue weighted by Crippen LogP contribution is -2.27. The van der Waals surface area contributed by atoms with Gasteiger partial charge >= 0.3 is 0 Å². The van der Waals surface area contributed by atoms with Crippen LogP contribution in [0.1, 0.15) is 35.9 Å². The number of furan rings is 1. The minimum Gasteiger partial charge on any atom is -0.468 e. The highest BCUT2D eigenvalue weighted by Gasteiger charge is 2.34. The Hall–Kier alpha value is -2.75. The number of allylic oxidation sites excluding steroid dienone is 3. The van der Waals surface area contributed by atoms with Crippen LogP contribution in [-0.4, -0.2) is 17.3 Å². The number of thioether (sulfide) groups is 1. The lowest BCUT2D eigenvalue weighted by atomic mass is 9.84. The first-order valence-corrected chi connectivity index (χ1v) is 9.86. The van der Waals surface area contributed by atoms with E-state index in [0.717, 1.165) is 0 Å². The molecule has 0 aliphatic carbocycles. The Balaban J connectivity index is 1.90. The summed E-state index contributed by atoms with van der Waals surface area (Å²) < 4.78 is 5.50. The van der Waals surface area contributed by atoms with Gasteiger partial charge in [-0.15, -0.1) is 0 Å². The normalized spacial score (nSPS) is 16.6. The van der Waals surface area contributed by atoms with E-state index in [1.54, 1.807) is 43.3 Å². The van der Waals surface area contributed by atoms with Gasteiger partial charge in [-0.25, -0.2) is 0 Å². The van der Waals surface area contributed by atoms with Crippen LogP contribution in [0, 0.1) is 11.3 Å². The van der Waals surface area contributed by atoms with E-state index in [-0.39, 0.29) is 17.3 Å². The number of ketones is 2. The molecule has 0 amide bonds. The number of nitrogens with zero attached hydrogens (tertiary/aromatic N) is 1. The Kier molecular flexibility index (Phi) is 6.08. The molecule has 1 atom stereocenters. The molecule has 1 aliphatic heterocycles. The maximum Gasteiger partial charge on any atom is 0.173 e. The summed E-state index contributed by atoms with van der Waals surface area (Å²) in [6.45, 7) is 3.25. The number of hydrogen-bond donors (Lipinski definition) is 1. The molecule has 1 aromatic heterocycles. The molecule has 7 heteroatoms. The van der Waals surface area contributed by atoms with Crippen molar-refractivity contribution in [2.45, 2.75) is 19.8 Å². The summed E-state index contributed by atoms with van der Waals surface area (Å²) in [5.41, 5.74) is 2.04.